The molecule has 0 atom stereocenters. The number of aryl methyl sites for hydroxylation is 1. The number of furan rings is 1. The SMILES string of the molecule is Cc1c(C(=O)c2ccccc2)oc2cc(NC(=O)c3cccnc3)ccc12. The normalized spacial score (nSPS) is 10.7. The summed E-state index contributed by atoms with van der Waals surface area (Å²) >= 11 is 0. The summed E-state index contributed by atoms with van der Waals surface area (Å²) in [7, 11) is 0. The van der Waals surface area contributed by atoms with Crippen molar-refractivity contribution in [1.82, 2.24) is 4.98 Å². The molecule has 4 aromatic rings. The molecule has 2 aromatic heterocycles. The van der Waals surface area contributed by atoms with Crippen molar-refractivity contribution in [1.29, 1.82) is 0 Å². The summed E-state index contributed by atoms with van der Waals surface area (Å²) < 4.78 is 5.83. The van der Waals surface area contributed by atoms with E-state index in [2.05, 4.69) is 10.3 Å². The summed E-state index contributed by atoms with van der Waals surface area (Å²) in [6.45, 7) is 1.86. The van der Waals surface area contributed by atoms with Crippen molar-refractivity contribution < 1.29 is 14.0 Å². The number of aromatic nitrogens is 1. The number of nitrogens with zero attached hydrogens (tertiary/aromatic N) is 1. The van der Waals surface area contributed by atoms with Gasteiger partial charge in [-0.25, -0.2) is 0 Å². The first-order valence-electron chi connectivity index (χ1n) is 8.48. The van der Waals surface area contributed by atoms with Crippen LogP contribution in [0.1, 0.15) is 32.0 Å². The first-order valence-corrected chi connectivity index (χ1v) is 8.48. The van der Waals surface area contributed by atoms with Crippen LogP contribution in [0.2, 0.25) is 0 Å². The van der Waals surface area contributed by atoms with Gasteiger partial charge in [0.05, 0.1) is 5.56 Å². The van der Waals surface area contributed by atoms with Gasteiger partial charge in [-0.2, -0.15) is 0 Å². The smallest absolute Gasteiger partial charge is 0.257 e. The molecule has 2 heterocycles. The van der Waals surface area contributed by atoms with Gasteiger partial charge in [0.1, 0.15) is 5.58 Å². The summed E-state index contributed by atoms with van der Waals surface area (Å²) in [6.07, 6.45) is 3.11. The third-order valence-corrected chi connectivity index (χ3v) is 4.36. The average Bonchev–Trinajstić information content (AvgIpc) is 3.04. The zero-order valence-electron chi connectivity index (χ0n) is 14.6. The number of amides is 1. The van der Waals surface area contributed by atoms with Crippen LogP contribution in [-0.4, -0.2) is 16.7 Å². The quantitative estimate of drug-likeness (QED) is 0.542. The zero-order valence-corrected chi connectivity index (χ0v) is 14.6. The van der Waals surface area contributed by atoms with Crippen molar-refractivity contribution >= 4 is 28.3 Å². The summed E-state index contributed by atoms with van der Waals surface area (Å²) in [6, 6.07) is 17.8. The van der Waals surface area contributed by atoms with Crippen molar-refractivity contribution in [3.8, 4) is 0 Å². The van der Waals surface area contributed by atoms with E-state index in [4.69, 9.17) is 4.42 Å². The summed E-state index contributed by atoms with van der Waals surface area (Å²) in [4.78, 5) is 28.9. The van der Waals surface area contributed by atoms with Crippen LogP contribution < -0.4 is 5.32 Å². The number of carbonyl (C=O) groups is 2. The molecule has 0 aliphatic heterocycles. The maximum Gasteiger partial charge on any atom is 0.257 e. The van der Waals surface area contributed by atoms with E-state index in [1.807, 2.05) is 31.2 Å². The Labute approximate surface area is 155 Å². The number of pyridine rings is 1. The summed E-state index contributed by atoms with van der Waals surface area (Å²) in [5.41, 5.74) is 2.96. The zero-order chi connectivity index (χ0) is 18.8. The number of carbonyl (C=O) groups excluding carboxylic acids is 2. The van der Waals surface area contributed by atoms with Gasteiger partial charge in [-0.3, -0.25) is 14.6 Å². The highest BCUT2D eigenvalue weighted by molar-refractivity contribution is 6.11. The number of nitrogens with one attached hydrogen (secondary N) is 1. The van der Waals surface area contributed by atoms with Crippen LogP contribution in [0.25, 0.3) is 11.0 Å². The molecule has 4 rings (SSSR count). The molecule has 0 unspecified atom stereocenters. The van der Waals surface area contributed by atoms with Gasteiger partial charge >= 0.3 is 0 Å². The van der Waals surface area contributed by atoms with Gasteiger partial charge in [-0.05, 0) is 31.2 Å². The molecule has 0 bridgehead atoms. The van der Waals surface area contributed by atoms with Gasteiger partial charge in [0.15, 0.2) is 5.76 Å². The molecule has 0 fully saturated rings. The third-order valence-electron chi connectivity index (χ3n) is 4.36. The van der Waals surface area contributed by atoms with Gasteiger partial charge in [0.25, 0.3) is 5.91 Å². The van der Waals surface area contributed by atoms with Crippen molar-refractivity contribution in [2.24, 2.45) is 0 Å². The predicted molar refractivity (Wildman–Crippen MR) is 103 cm³/mol. The molecule has 0 radical (unpaired) electrons. The van der Waals surface area contributed by atoms with Gasteiger partial charge in [0, 0.05) is 40.7 Å². The topological polar surface area (TPSA) is 72.2 Å². The molecule has 0 aliphatic carbocycles. The summed E-state index contributed by atoms with van der Waals surface area (Å²) in [5.74, 6) is -0.108. The molecular weight excluding hydrogens is 340 g/mol. The average molecular weight is 356 g/mol. The lowest BCUT2D eigenvalue weighted by molar-refractivity contribution is 0.101. The van der Waals surface area contributed by atoms with Crippen LogP contribution in [0.15, 0.2) is 77.5 Å². The van der Waals surface area contributed by atoms with Crippen molar-refractivity contribution in [3.05, 3.63) is 95.5 Å². The Kier molecular flexibility index (Phi) is 4.26. The van der Waals surface area contributed by atoms with Crippen LogP contribution in [0.4, 0.5) is 5.69 Å². The van der Waals surface area contributed by atoms with Crippen molar-refractivity contribution in [2.45, 2.75) is 6.92 Å². The van der Waals surface area contributed by atoms with Crippen LogP contribution in [-0.2, 0) is 0 Å². The van der Waals surface area contributed by atoms with Gasteiger partial charge in [0.2, 0.25) is 5.78 Å². The van der Waals surface area contributed by atoms with Crippen LogP contribution >= 0.6 is 0 Å². The van der Waals surface area contributed by atoms with Crippen LogP contribution in [0.5, 0.6) is 0 Å². The lowest BCUT2D eigenvalue weighted by Gasteiger charge is -2.04. The van der Waals surface area contributed by atoms with E-state index < -0.39 is 0 Å². The molecule has 5 nitrogen and oxygen atoms in total. The van der Waals surface area contributed by atoms with E-state index in [1.165, 1.54) is 6.20 Å². The van der Waals surface area contributed by atoms with Crippen molar-refractivity contribution in [2.75, 3.05) is 5.32 Å². The fraction of sp³-hybridized carbons (Fsp3) is 0.0455. The Morgan fingerprint density at radius 3 is 2.48 bits per heavy atom. The van der Waals surface area contributed by atoms with Crippen LogP contribution in [0.3, 0.4) is 0 Å². The van der Waals surface area contributed by atoms with Crippen LogP contribution in [0, 0.1) is 6.92 Å². The number of fused-ring (bicyclic) bond motifs is 1. The number of rotatable bonds is 4. The Morgan fingerprint density at radius 1 is 0.963 bits per heavy atom. The number of benzene rings is 2. The maximum atomic E-state index is 12.7. The standard InChI is InChI=1S/C22H16N2O3/c1-14-18-10-9-17(24-22(26)16-8-5-11-23-13-16)12-19(18)27-21(14)20(25)15-6-3-2-4-7-15/h2-13H,1H3,(H,24,26). The highest BCUT2D eigenvalue weighted by Crippen LogP contribution is 2.29. The van der Waals surface area contributed by atoms with Gasteiger partial charge < -0.3 is 9.73 Å². The molecule has 1 amide bonds. The minimum Gasteiger partial charge on any atom is -0.452 e. The molecule has 1 N–H and O–H groups in total. The van der Waals surface area contributed by atoms with E-state index >= 15 is 0 Å². The van der Waals surface area contributed by atoms with Gasteiger partial charge in [-0.1, -0.05) is 30.3 Å². The lowest BCUT2D eigenvalue weighted by atomic mass is 10.0. The third kappa shape index (κ3) is 3.22. The Hall–Kier alpha value is -3.73. The van der Waals surface area contributed by atoms with Gasteiger partial charge in [-0.15, -0.1) is 0 Å². The highest BCUT2D eigenvalue weighted by Gasteiger charge is 2.19. The molecular formula is C22H16N2O3. The second-order valence-electron chi connectivity index (χ2n) is 6.16. The van der Waals surface area contributed by atoms with E-state index in [1.54, 1.807) is 42.6 Å². The second-order valence-corrected chi connectivity index (χ2v) is 6.16. The molecule has 27 heavy (non-hydrogen) atoms. The molecule has 132 valence electrons. The van der Waals surface area contributed by atoms with E-state index in [-0.39, 0.29) is 11.7 Å². The molecule has 0 spiro atoms. The largest absolute Gasteiger partial charge is 0.452 e. The predicted octanol–water partition coefficient (Wildman–Crippen LogP) is 4.62. The number of anilines is 1. The molecule has 2 aromatic carbocycles. The summed E-state index contributed by atoms with van der Waals surface area (Å²) in [5, 5.41) is 3.66. The fourth-order valence-corrected chi connectivity index (χ4v) is 2.94. The maximum absolute atomic E-state index is 12.7. The fourth-order valence-electron chi connectivity index (χ4n) is 2.94. The molecule has 0 saturated heterocycles. The molecule has 0 saturated carbocycles. The Morgan fingerprint density at radius 2 is 1.74 bits per heavy atom. The first-order chi connectivity index (χ1) is 13.1. The van der Waals surface area contributed by atoms with Crippen molar-refractivity contribution in [3.63, 3.8) is 0 Å². The Balaban J connectivity index is 1.65. The monoisotopic (exact) mass is 356 g/mol. The number of ketones is 1. The highest BCUT2D eigenvalue weighted by atomic mass is 16.3. The first kappa shape index (κ1) is 16.7. The van der Waals surface area contributed by atoms with E-state index in [9.17, 15) is 9.59 Å². The van der Waals surface area contributed by atoms with E-state index in [0.29, 0.717) is 28.2 Å². The molecule has 5 heteroatoms. The minimum absolute atomic E-state index is 0.162. The minimum atomic E-state index is -0.258. The molecule has 0 aliphatic rings. The number of hydrogen-bond acceptors (Lipinski definition) is 4. The number of hydrogen-bond donors (Lipinski definition) is 1. The van der Waals surface area contributed by atoms with E-state index in [0.717, 1.165) is 10.9 Å². The Bertz CT molecular complexity index is 1130. The lowest BCUT2D eigenvalue weighted by Crippen LogP contribution is -2.11. The second kappa shape index (κ2) is 6.88.